The molecule has 82 valence electrons. The summed E-state index contributed by atoms with van der Waals surface area (Å²) in [4.78, 5) is 11.5. The van der Waals surface area contributed by atoms with E-state index in [2.05, 4.69) is 5.32 Å². The molecule has 0 aliphatic rings. The van der Waals surface area contributed by atoms with Crippen LogP contribution in [-0.2, 0) is 9.53 Å². The standard InChI is InChI=1S/C12H17NO2/c1-8-5-6-11(7-9(8)2)13-12(14)10(3)15-4/h5-7,10H,1-4H3,(H,13,14). The quantitative estimate of drug-likeness (QED) is 0.825. The number of rotatable bonds is 3. The minimum atomic E-state index is -0.424. The smallest absolute Gasteiger partial charge is 0.253 e. The van der Waals surface area contributed by atoms with Crippen LogP contribution in [0.5, 0.6) is 0 Å². The zero-order valence-electron chi connectivity index (χ0n) is 9.63. The highest BCUT2D eigenvalue weighted by Crippen LogP contribution is 2.14. The SMILES string of the molecule is COC(C)C(=O)Nc1ccc(C)c(C)c1. The van der Waals surface area contributed by atoms with E-state index in [0.29, 0.717) is 0 Å². The molecule has 0 heterocycles. The fourth-order valence-corrected chi connectivity index (χ4v) is 1.17. The van der Waals surface area contributed by atoms with Gasteiger partial charge in [-0.05, 0) is 44.0 Å². The summed E-state index contributed by atoms with van der Waals surface area (Å²) in [5.41, 5.74) is 3.19. The highest BCUT2D eigenvalue weighted by atomic mass is 16.5. The van der Waals surface area contributed by atoms with Gasteiger partial charge in [-0.25, -0.2) is 0 Å². The molecule has 0 fully saturated rings. The summed E-state index contributed by atoms with van der Waals surface area (Å²) in [6, 6.07) is 5.83. The Kier molecular flexibility index (Phi) is 3.86. The molecule has 1 N–H and O–H groups in total. The molecule has 0 aliphatic heterocycles. The number of anilines is 1. The number of hydrogen-bond acceptors (Lipinski definition) is 2. The second-order valence-corrected chi connectivity index (χ2v) is 3.67. The van der Waals surface area contributed by atoms with E-state index < -0.39 is 6.10 Å². The van der Waals surface area contributed by atoms with E-state index in [9.17, 15) is 4.79 Å². The van der Waals surface area contributed by atoms with Gasteiger partial charge in [0.05, 0.1) is 0 Å². The highest BCUT2D eigenvalue weighted by Gasteiger charge is 2.11. The predicted molar refractivity (Wildman–Crippen MR) is 61.0 cm³/mol. The van der Waals surface area contributed by atoms with Crippen molar-refractivity contribution in [1.29, 1.82) is 0 Å². The van der Waals surface area contributed by atoms with Crippen LogP contribution in [0.4, 0.5) is 5.69 Å². The Balaban J connectivity index is 2.73. The molecular formula is C12H17NO2. The molecule has 0 aromatic heterocycles. The van der Waals surface area contributed by atoms with Gasteiger partial charge in [-0.15, -0.1) is 0 Å². The second kappa shape index (κ2) is 4.94. The Hall–Kier alpha value is -1.35. The van der Waals surface area contributed by atoms with Crippen LogP contribution in [0.25, 0.3) is 0 Å². The summed E-state index contributed by atoms with van der Waals surface area (Å²) in [5.74, 6) is -0.124. The fraction of sp³-hybridized carbons (Fsp3) is 0.417. The van der Waals surface area contributed by atoms with E-state index in [4.69, 9.17) is 4.74 Å². The second-order valence-electron chi connectivity index (χ2n) is 3.67. The third-order valence-electron chi connectivity index (χ3n) is 2.50. The van der Waals surface area contributed by atoms with Crippen LogP contribution < -0.4 is 5.32 Å². The van der Waals surface area contributed by atoms with Crippen molar-refractivity contribution in [3.05, 3.63) is 29.3 Å². The first kappa shape index (κ1) is 11.7. The summed E-state index contributed by atoms with van der Waals surface area (Å²) < 4.78 is 4.93. The lowest BCUT2D eigenvalue weighted by Gasteiger charge is -2.11. The van der Waals surface area contributed by atoms with Gasteiger partial charge >= 0.3 is 0 Å². The molecule has 0 bridgehead atoms. The molecule has 0 aliphatic carbocycles. The Bertz CT molecular complexity index is 361. The molecule has 1 atom stereocenters. The van der Waals surface area contributed by atoms with Crippen molar-refractivity contribution in [2.24, 2.45) is 0 Å². The van der Waals surface area contributed by atoms with Gasteiger partial charge in [-0.2, -0.15) is 0 Å². The Morgan fingerprint density at radius 1 is 1.33 bits per heavy atom. The maximum atomic E-state index is 11.5. The van der Waals surface area contributed by atoms with Crippen molar-refractivity contribution in [3.8, 4) is 0 Å². The van der Waals surface area contributed by atoms with E-state index in [0.717, 1.165) is 11.3 Å². The van der Waals surface area contributed by atoms with Crippen LogP contribution >= 0.6 is 0 Å². The van der Waals surface area contributed by atoms with Gasteiger partial charge in [0.1, 0.15) is 6.10 Å². The molecule has 3 heteroatoms. The van der Waals surface area contributed by atoms with Gasteiger partial charge in [0, 0.05) is 12.8 Å². The molecule has 1 amide bonds. The Labute approximate surface area is 90.4 Å². The lowest BCUT2D eigenvalue weighted by atomic mass is 10.1. The van der Waals surface area contributed by atoms with E-state index in [-0.39, 0.29) is 5.91 Å². The first-order chi connectivity index (χ1) is 7.04. The number of hydrogen-bond donors (Lipinski definition) is 1. The minimum absolute atomic E-state index is 0.124. The Morgan fingerprint density at radius 2 is 2.00 bits per heavy atom. The summed E-state index contributed by atoms with van der Waals surface area (Å²) in [6.07, 6.45) is -0.424. The number of amides is 1. The normalized spacial score (nSPS) is 12.3. The van der Waals surface area contributed by atoms with Crippen LogP contribution in [0.3, 0.4) is 0 Å². The largest absolute Gasteiger partial charge is 0.372 e. The average molecular weight is 207 g/mol. The molecule has 15 heavy (non-hydrogen) atoms. The summed E-state index contributed by atoms with van der Waals surface area (Å²) in [6.45, 7) is 5.78. The summed E-state index contributed by atoms with van der Waals surface area (Å²) >= 11 is 0. The van der Waals surface area contributed by atoms with Crippen molar-refractivity contribution in [1.82, 2.24) is 0 Å². The van der Waals surface area contributed by atoms with E-state index >= 15 is 0 Å². The Morgan fingerprint density at radius 3 is 2.53 bits per heavy atom. The predicted octanol–water partition coefficient (Wildman–Crippen LogP) is 2.28. The number of aryl methyl sites for hydroxylation is 2. The number of carbonyl (C=O) groups excluding carboxylic acids is 1. The highest BCUT2D eigenvalue weighted by molar-refractivity contribution is 5.93. The molecule has 1 rings (SSSR count). The van der Waals surface area contributed by atoms with Gasteiger partial charge in [0.25, 0.3) is 5.91 Å². The van der Waals surface area contributed by atoms with Crippen molar-refractivity contribution in [3.63, 3.8) is 0 Å². The number of ether oxygens (including phenoxy) is 1. The number of carbonyl (C=O) groups is 1. The van der Waals surface area contributed by atoms with Crippen LogP contribution in [0.1, 0.15) is 18.1 Å². The molecule has 0 spiro atoms. The topological polar surface area (TPSA) is 38.3 Å². The molecule has 1 aromatic carbocycles. The lowest BCUT2D eigenvalue weighted by Crippen LogP contribution is -2.26. The summed E-state index contributed by atoms with van der Waals surface area (Å²) in [5, 5.41) is 2.80. The van der Waals surface area contributed by atoms with E-state index in [1.807, 2.05) is 32.0 Å². The fourth-order valence-electron chi connectivity index (χ4n) is 1.17. The van der Waals surface area contributed by atoms with Crippen molar-refractivity contribution < 1.29 is 9.53 Å². The first-order valence-corrected chi connectivity index (χ1v) is 4.95. The molecule has 1 unspecified atom stereocenters. The third-order valence-corrected chi connectivity index (χ3v) is 2.50. The number of methoxy groups -OCH3 is 1. The molecule has 1 aromatic rings. The van der Waals surface area contributed by atoms with E-state index in [1.165, 1.54) is 12.7 Å². The zero-order chi connectivity index (χ0) is 11.4. The average Bonchev–Trinajstić information content (AvgIpc) is 2.22. The molecule has 0 saturated carbocycles. The van der Waals surface area contributed by atoms with Crippen LogP contribution in [-0.4, -0.2) is 19.1 Å². The van der Waals surface area contributed by atoms with Crippen molar-refractivity contribution in [2.75, 3.05) is 12.4 Å². The lowest BCUT2D eigenvalue weighted by molar-refractivity contribution is -0.124. The third kappa shape index (κ3) is 3.06. The minimum Gasteiger partial charge on any atom is -0.372 e. The van der Waals surface area contributed by atoms with Crippen LogP contribution in [0.2, 0.25) is 0 Å². The van der Waals surface area contributed by atoms with Crippen LogP contribution in [0.15, 0.2) is 18.2 Å². The molecular weight excluding hydrogens is 190 g/mol. The number of benzene rings is 1. The molecule has 0 radical (unpaired) electrons. The number of nitrogens with one attached hydrogen (secondary N) is 1. The van der Waals surface area contributed by atoms with Gasteiger partial charge in [-0.3, -0.25) is 4.79 Å². The molecule has 3 nitrogen and oxygen atoms in total. The summed E-state index contributed by atoms with van der Waals surface area (Å²) in [7, 11) is 1.52. The first-order valence-electron chi connectivity index (χ1n) is 4.95. The molecule has 0 saturated heterocycles. The van der Waals surface area contributed by atoms with Gasteiger partial charge in [0.15, 0.2) is 0 Å². The maximum absolute atomic E-state index is 11.5. The van der Waals surface area contributed by atoms with Crippen LogP contribution in [0, 0.1) is 13.8 Å². The van der Waals surface area contributed by atoms with Crippen molar-refractivity contribution >= 4 is 11.6 Å². The van der Waals surface area contributed by atoms with Gasteiger partial charge in [0.2, 0.25) is 0 Å². The van der Waals surface area contributed by atoms with Gasteiger partial charge < -0.3 is 10.1 Å². The monoisotopic (exact) mass is 207 g/mol. The van der Waals surface area contributed by atoms with Gasteiger partial charge in [-0.1, -0.05) is 6.07 Å². The zero-order valence-corrected chi connectivity index (χ0v) is 9.63. The van der Waals surface area contributed by atoms with Crippen molar-refractivity contribution in [2.45, 2.75) is 26.9 Å². The van der Waals surface area contributed by atoms with E-state index in [1.54, 1.807) is 6.92 Å². The maximum Gasteiger partial charge on any atom is 0.253 e.